The van der Waals surface area contributed by atoms with Crippen LogP contribution in [0.2, 0.25) is 0 Å². The number of esters is 4. The number of nitrogens with one attached hydrogen (secondary N) is 2. The van der Waals surface area contributed by atoms with Crippen molar-refractivity contribution in [2.45, 2.75) is 50.5 Å². The van der Waals surface area contributed by atoms with Gasteiger partial charge in [0.1, 0.15) is 5.82 Å². The number of hydrogen-bond donors (Lipinski definition) is 2. The Morgan fingerprint density at radius 1 is 1.09 bits per heavy atom. The fraction of sp³-hybridized carbons (Fsp3) is 0.500. The van der Waals surface area contributed by atoms with E-state index in [9.17, 15) is 24.0 Å². The first-order chi connectivity index (χ1) is 16.0. The molecule has 0 bridgehead atoms. The van der Waals surface area contributed by atoms with Crippen LogP contribution in [0.4, 0.5) is 5.82 Å². The van der Waals surface area contributed by atoms with Crippen molar-refractivity contribution in [3.63, 3.8) is 0 Å². The zero-order chi connectivity index (χ0) is 25.4. The van der Waals surface area contributed by atoms with Gasteiger partial charge in [-0.2, -0.15) is 0 Å². The van der Waals surface area contributed by atoms with Crippen LogP contribution in [0.25, 0.3) is 6.08 Å². The number of hydrogen-bond acceptors (Lipinski definition) is 13. The van der Waals surface area contributed by atoms with Gasteiger partial charge in [-0.05, 0) is 12.3 Å². The molecule has 0 spiro atoms. The van der Waals surface area contributed by atoms with Crippen LogP contribution in [-0.2, 0) is 42.9 Å². The quantitative estimate of drug-likeness (QED) is 0.164. The lowest BCUT2D eigenvalue weighted by molar-refractivity contribution is -0.221. The highest BCUT2D eigenvalue weighted by molar-refractivity contribution is 7.98. The Labute approximate surface area is 198 Å². The van der Waals surface area contributed by atoms with Gasteiger partial charge in [0.25, 0.3) is 5.56 Å². The van der Waals surface area contributed by atoms with E-state index in [1.807, 2.05) is 0 Å². The van der Waals surface area contributed by atoms with E-state index in [-0.39, 0.29) is 23.1 Å². The largest absolute Gasteiger partial charge is 0.466 e. The number of carbonyl (C=O) groups is 4. The lowest BCUT2D eigenvalue weighted by atomic mass is 10.0. The van der Waals surface area contributed by atoms with Gasteiger partial charge in [0.05, 0.1) is 19.3 Å². The van der Waals surface area contributed by atoms with Crippen LogP contribution in [0.15, 0.2) is 16.0 Å². The molecule has 1 saturated heterocycles. The third-order valence-corrected chi connectivity index (χ3v) is 4.92. The first kappa shape index (κ1) is 26.9. The Balaban J connectivity index is 2.49. The average Bonchev–Trinajstić information content (AvgIpc) is 2.75. The molecule has 0 radical (unpaired) electrons. The van der Waals surface area contributed by atoms with E-state index in [0.29, 0.717) is 0 Å². The minimum atomic E-state index is -1.28. The van der Waals surface area contributed by atoms with Crippen molar-refractivity contribution in [3.8, 4) is 0 Å². The highest BCUT2D eigenvalue weighted by Gasteiger charge is 2.47. The number of H-pyrrole nitrogens is 1. The van der Waals surface area contributed by atoms with Gasteiger partial charge in [-0.15, -0.1) is 0 Å². The summed E-state index contributed by atoms with van der Waals surface area (Å²) in [5.74, 6) is -2.81. The maximum atomic E-state index is 12.6. The Bertz CT molecular complexity index is 1020. The molecule has 4 atom stereocenters. The molecule has 1 aliphatic heterocycles. The molecule has 2 N–H and O–H groups in total. The Morgan fingerprint density at radius 2 is 1.71 bits per heavy atom. The zero-order valence-corrected chi connectivity index (χ0v) is 19.9. The van der Waals surface area contributed by atoms with Crippen molar-refractivity contribution in [2.24, 2.45) is 0 Å². The van der Waals surface area contributed by atoms with Gasteiger partial charge in [-0.3, -0.25) is 19.2 Å². The highest BCUT2D eigenvalue weighted by atomic mass is 32.2. The minimum absolute atomic E-state index is 0.0112. The van der Waals surface area contributed by atoms with Crippen molar-refractivity contribution in [1.82, 2.24) is 9.97 Å². The van der Waals surface area contributed by atoms with E-state index in [1.54, 1.807) is 6.26 Å². The Kier molecular flexibility index (Phi) is 9.62. The molecule has 34 heavy (non-hydrogen) atoms. The molecule has 0 saturated carbocycles. The second-order valence-corrected chi connectivity index (χ2v) is 7.68. The van der Waals surface area contributed by atoms with E-state index in [2.05, 4.69) is 20.0 Å². The van der Waals surface area contributed by atoms with Crippen LogP contribution in [0.1, 0.15) is 26.3 Å². The summed E-state index contributed by atoms with van der Waals surface area (Å²) < 4.78 is 26.1. The summed E-state index contributed by atoms with van der Waals surface area (Å²) in [6, 6.07) is 0. The number of aromatic nitrogens is 2. The van der Waals surface area contributed by atoms with Gasteiger partial charge in [0.2, 0.25) is 0 Å². The number of rotatable bonds is 8. The maximum absolute atomic E-state index is 12.6. The van der Waals surface area contributed by atoms with E-state index < -0.39 is 54.0 Å². The van der Waals surface area contributed by atoms with Crippen LogP contribution in [0, 0.1) is 0 Å². The van der Waals surface area contributed by atoms with E-state index in [4.69, 9.17) is 18.9 Å². The molecule has 0 aliphatic carbocycles. The summed E-state index contributed by atoms with van der Waals surface area (Å²) >= 11 is 1.15. The summed E-state index contributed by atoms with van der Waals surface area (Å²) in [7, 11) is 1.18. The summed E-state index contributed by atoms with van der Waals surface area (Å²) in [5, 5.41) is 3.11. The topological polar surface area (TPSA) is 172 Å². The van der Waals surface area contributed by atoms with Crippen molar-refractivity contribution < 1.29 is 42.9 Å². The predicted octanol–water partition coefficient (Wildman–Crippen LogP) is 0.241. The van der Waals surface area contributed by atoms with Crippen LogP contribution >= 0.6 is 11.8 Å². The number of methoxy groups -OCH3 is 1. The number of ether oxygens (including phenoxy) is 5. The van der Waals surface area contributed by atoms with Crippen LogP contribution in [-0.4, -0.2) is 78.4 Å². The van der Waals surface area contributed by atoms with Crippen molar-refractivity contribution in [1.29, 1.82) is 0 Å². The third kappa shape index (κ3) is 7.31. The molecule has 186 valence electrons. The fourth-order valence-corrected chi connectivity index (χ4v) is 3.42. The second-order valence-electron chi connectivity index (χ2n) is 6.89. The lowest BCUT2D eigenvalue weighted by Gasteiger charge is -2.40. The van der Waals surface area contributed by atoms with Gasteiger partial charge in [-0.1, -0.05) is 11.8 Å². The molecule has 13 nitrogen and oxygen atoms in total. The van der Waals surface area contributed by atoms with Crippen LogP contribution in [0.5, 0.6) is 0 Å². The van der Waals surface area contributed by atoms with E-state index >= 15 is 0 Å². The second kappa shape index (κ2) is 12.2. The van der Waals surface area contributed by atoms with Crippen molar-refractivity contribution in [3.05, 3.63) is 22.0 Å². The highest BCUT2D eigenvalue weighted by Crippen LogP contribution is 2.26. The Morgan fingerprint density at radius 3 is 2.26 bits per heavy atom. The van der Waals surface area contributed by atoms with Crippen LogP contribution < -0.4 is 10.9 Å². The van der Waals surface area contributed by atoms with Gasteiger partial charge in [0, 0.05) is 26.8 Å². The number of carbonyl (C=O) groups excluding carboxylic acids is 4. The van der Waals surface area contributed by atoms with Crippen LogP contribution in [0.3, 0.4) is 0 Å². The smallest absolute Gasteiger partial charge is 0.330 e. The number of nitrogens with zero attached hydrogens (tertiary/aromatic N) is 1. The molecule has 0 aromatic carbocycles. The Hall–Kier alpha value is -3.39. The summed E-state index contributed by atoms with van der Waals surface area (Å²) in [6.07, 6.45) is -0.821. The van der Waals surface area contributed by atoms with Gasteiger partial charge >= 0.3 is 23.9 Å². The molecular formula is C20H25N3O10S. The predicted molar refractivity (Wildman–Crippen MR) is 118 cm³/mol. The van der Waals surface area contributed by atoms with E-state index in [0.717, 1.165) is 31.7 Å². The molecule has 4 unspecified atom stereocenters. The van der Waals surface area contributed by atoms with Crippen molar-refractivity contribution >= 4 is 47.5 Å². The SMILES string of the molecule is COC(=O)/C=C/c1c(NC2OCC(OC(C)=O)C(OC(C)=O)C2OC(C)=O)nc(SC)[nH]c1=O. The lowest BCUT2D eigenvalue weighted by Crippen LogP contribution is -2.59. The monoisotopic (exact) mass is 499 g/mol. The fourth-order valence-electron chi connectivity index (χ4n) is 3.04. The average molecular weight is 499 g/mol. The molecule has 1 aliphatic rings. The summed E-state index contributed by atoms with van der Waals surface area (Å²) in [6.45, 7) is 3.23. The normalized spacial score (nSPS) is 22.0. The van der Waals surface area contributed by atoms with E-state index in [1.165, 1.54) is 20.1 Å². The number of anilines is 1. The number of aromatic amines is 1. The van der Waals surface area contributed by atoms with Gasteiger partial charge in [0.15, 0.2) is 29.7 Å². The molecule has 0 amide bonds. The summed E-state index contributed by atoms with van der Waals surface area (Å²) in [5.41, 5.74) is -0.615. The maximum Gasteiger partial charge on any atom is 0.330 e. The van der Waals surface area contributed by atoms with Gasteiger partial charge < -0.3 is 34.0 Å². The first-order valence-electron chi connectivity index (χ1n) is 9.89. The molecule has 2 heterocycles. The molecular weight excluding hydrogens is 474 g/mol. The molecule has 2 rings (SSSR count). The first-order valence-corrected chi connectivity index (χ1v) is 11.1. The molecule has 1 fully saturated rings. The van der Waals surface area contributed by atoms with Gasteiger partial charge in [-0.25, -0.2) is 9.78 Å². The summed E-state index contributed by atoms with van der Waals surface area (Å²) in [4.78, 5) is 66.0. The standard InChI is InChI=1S/C20H25N3O10S/c1-9(24)31-13-8-30-19(16(33-11(3)26)15(13)32-10(2)25)21-17-12(6-7-14(27)29-4)18(28)23-20(22-17)34-5/h6-7,13,15-16,19H,8H2,1-5H3,(H2,21,22,23,28)/b7-6+. The minimum Gasteiger partial charge on any atom is -0.466 e. The van der Waals surface area contributed by atoms with Crippen molar-refractivity contribution in [2.75, 3.05) is 25.3 Å². The molecule has 1 aromatic heterocycles. The molecule has 1 aromatic rings. The number of thioether (sulfide) groups is 1. The molecule has 14 heteroatoms. The third-order valence-electron chi connectivity index (χ3n) is 4.34. The zero-order valence-electron chi connectivity index (χ0n) is 19.1.